The first-order chi connectivity index (χ1) is 14.7. The van der Waals surface area contributed by atoms with Crippen molar-refractivity contribution >= 4 is 34.3 Å². The number of benzene rings is 3. The Labute approximate surface area is 179 Å². The van der Waals surface area contributed by atoms with E-state index in [4.69, 9.17) is 21.1 Å². The fraction of sp³-hybridized carbons (Fsp3) is 0.0833. The van der Waals surface area contributed by atoms with E-state index in [1.54, 1.807) is 25.3 Å². The van der Waals surface area contributed by atoms with E-state index in [1.165, 1.54) is 0 Å². The summed E-state index contributed by atoms with van der Waals surface area (Å²) in [4.78, 5) is 7.66. The zero-order valence-corrected chi connectivity index (χ0v) is 17.0. The Morgan fingerprint density at radius 2 is 1.90 bits per heavy atom. The molecule has 6 heteroatoms. The largest absolute Gasteiger partial charge is 0.493 e. The molecule has 1 heterocycles. The zero-order chi connectivity index (χ0) is 20.9. The SMILES string of the molecule is COc1cc(/C=C(\C#N)c2nc3ccccc3[nH]2)cc(Cl)c1OCc1ccccc1. The lowest BCUT2D eigenvalue weighted by Gasteiger charge is -2.13. The molecular formula is C24H18ClN3O2. The van der Waals surface area contributed by atoms with Gasteiger partial charge in [0.2, 0.25) is 0 Å². The van der Waals surface area contributed by atoms with E-state index in [9.17, 15) is 5.26 Å². The molecule has 0 fully saturated rings. The molecule has 0 spiro atoms. The van der Waals surface area contributed by atoms with Crippen molar-refractivity contribution in [1.29, 1.82) is 5.26 Å². The summed E-state index contributed by atoms with van der Waals surface area (Å²) in [6.45, 7) is 0.370. The van der Waals surface area contributed by atoms with Crippen molar-refractivity contribution in [3.8, 4) is 17.6 Å². The number of hydrogen-bond donors (Lipinski definition) is 1. The number of aromatic amines is 1. The van der Waals surface area contributed by atoms with Gasteiger partial charge < -0.3 is 14.5 Å². The van der Waals surface area contributed by atoms with Crippen molar-refractivity contribution in [2.45, 2.75) is 6.61 Å². The molecule has 1 N–H and O–H groups in total. The lowest BCUT2D eigenvalue weighted by molar-refractivity contribution is 0.284. The Hall–Kier alpha value is -3.75. The molecule has 0 saturated heterocycles. The summed E-state index contributed by atoms with van der Waals surface area (Å²) in [5.74, 6) is 1.45. The van der Waals surface area contributed by atoms with Crippen LogP contribution in [0.4, 0.5) is 0 Å². The molecule has 0 aliphatic rings. The van der Waals surface area contributed by atoms with Gasteiger partial charge in [-0.25, -0.2) is 4.98 Å². The van der Waals surface area contributed by atoms with Crippen LogP contribution in [0.15, 0.2) is 66.7 Å². The van der Waals surface area contributed by atoms with Crippen LogP contribution < -0.4 is 9.47 Å². The van der Waals surface area contributed by atoms with Crippen molar-refractivity contribution in [3.05, 3.63) is 88.7 Å². The summed E-state index contributed by atoms with van der Waals surface area (Å²) in [6, 6.07) is 23.2. The van der Waals surface area contributed by atoms with Crippen LogP contribution in [0.1, 0.15) is 17.0 Å². The summed E-state index contributed by atoms with van der Waals surface area (Å²) < 4.78 is 11.4. The van der Waals surface area contributed by atoms with Gasteiger partial charge in [-0.15, -0.1) is 0 Å². The van der Waals surface area contributed by atoms with Gasteiger partial charge in [-0.1, -0.05) is 54.1 Å². The van der Waals surface area contributed by atoms with Crippen LogP contribution in [0.25, 0.3) is 22.7 Å². The van der Waals surface area contributed by atoms with Gasteiger partial charge in [-0.2, -0.15) is 5.26 Å². The van der Waals surface area contributed by atoms with Gasteiger partial charge >= 0.3 is 0 Å². The molecular weight excluding hydrogens is 398 g/mol. The Morgan fingerprint density at radius 3 is 2.63 bits per heavy atom. The lowest BCUT2D eigenvalue weighted by atomic mass is 10.1. The Kier molecular flexibility index (Phi) is 5.69. The number of aromatic nitrogens is 2. The van der Waals surface area contributed by atoms with Gasteiger partial charge in [0.05, 0.1) is 28.7 Å². The van der Waals surface area contributed by atoms with Crippen molar-refractivity contribution in [2.24, 2.45) is 0 Å². The normalized spacial score (nSPS) is 11.3. The summed E-state index contributed by atoms with van der Waals surface area (Å²) in [5, 5.41) is 10.1. The number of methoxy groups -OCH3 is 1. The second-order valence-electron chi connectivity index (χ2n) is 6.58. The minimum atomic E-state index is 0.370. The van der Waals surface area contributed by atoms with Gasteiger partial charge in [0.15, 0.2) is 11.5 Å². The number of nitrogens with one attached hydrogen (secondary N) is 1. The van der Waals surface area contributed by atoms with E-state index in [2.05, 4.69) is 16.0 Å². The number of hydrogen-bond acceptors (Lipinski definition) is 4. The van der Waals surface area contributed by atoms with E-state index < -0.39 is 0 Å². The maximum Gasteiger partial charge on any atom is 0.180 e. The molecule has 0 aliphatic carbocycles. The first-order valence-corrected chi connectivity index (χ1v) is 9.67. The van der Waals surface area contributed by atoms with E-state index in [-0.39, 0.29) is 0 Å². The highest BCUT2D eigenvalue weighted by Crippen LogP contribution is 2.38. The molecule has 0 atom stereocenters. The highest BCUT2D eigenvalue weighted by Gasteiger charge is 2.14. The average Bonchev–Trinajstić information content (AvgIpc) is 3.21. The Morgan fingerprint density at radius 1 is 1.13 bits per heavy atom. The van der Waals surface area contributed by atoms with E-state index in [1.807, 2.05) is 54.6 Å². The number of nitrogens with zero attached hydrogens (tertiary/aromatic N) is 2. The number of para-hydroxylation sites is 2. The monoisotopic (exact) mass is 415 g/mol. The molecule has 0 unspecified atom stereocenters. The summed E-state index contributed by atoms with van der Waals surface area (Å²) in [6.07, 6.45) is 1.72. The maximum absolute atomic E-state index is 9.66. The number of allylic oxidation sites excluding steroid dienone is 1. The average molecular weight is 416 g/mol. The molecule has 30 heavy (non-hydrogen) atoms. The van der Waals surface area contributed by atoms with E-state index in [0.29, 0.717) is 40.1 Å². The lowest BCUT2D eigenvalue weighted by Crippen LogP contribution is -1.99. The summed E-state index contributed by atoms with van der Waals surface area (Å²) in [7, 11) is 1.55. The first-order valence-electron chi connectivity index (χ1n) is 9.29. The third-order valence-electron chi connectivity index (χ3n) is 4.55. The summed E-state index contributed by atoms with van der Waals surface area (Å²) >= 11 is 6.48. The van der Waals surface area contributed by atoms with Crippen molar-refractivity contribution in [1.82, 2.24) is 9.97 Å². The molecule has 0 amide bonds. The Balaban J connectivity index is 1.65. The van der Waals surface area contributed by atoms with Crippen LogP contribution in [0, 0.1) is 11.3 Å². The predicted octanol–water partition coefficient (Wildman–Crippen LogP) is 5.87. The minimum absolute atomic E-state index is 0.370. The number of H-pyrrole nitrogens is 1. The minimum Gasteiger partial charge on any atom is -0.493 e. The third kappa shape index (κ3) is 4.14. The van der Waals surface area contributed by atoms with Gasteiger partial charge in [-0.3, -0.25) is 0 Å². The number of fused-ring (bicyclic) bond motifs is 1. The smallest absolute Gasteiger partial charge is 0.180 e. The molecule has 4 rings (SSSR count). The van der Waals surface area contributed by atoms with E-state index in [0.717, 1.165) is 16.6 Å². The topological polar surface area (TPSA) is 70.9 Å². The number of ether oxygens (including phenoxy) is 2. The fourth-order valence-corrected chi connectivity index (χ4v) is 3.37. The molecule has 5 nitrogen and oxygen atoms in total. The second kappa shape index (κ2) is 8.73. The fourth-order valence-electron chi connectivity index (χ4n) is 3.09. The maximum atomic E-state index is 9.66. The number of nitriles is 1. The van der Waals surface area contributed by atoms with Crippen LogP contribution in [-0.4, -0.2) is 17.1 Å². The van der Waals surface area contributed by atoms with E-state index >= 15 is 0 Å². The van der Waals surface area contributed by atoms with Gasteiger partial charge in [-0.05, 0) is 41.5 Å². The first kappa shape index (κ1) is 19.6. The number of halogens is 1. The van der Waals surface area contributed by atoms with Gasteiger partial charge in [0.25, 0.3) is 0 Å². The summed E-state index contributed by atoms with van der Waals surface area (Å²) in [5.41, 5.74) is 3.79. The molecule has 0 radical (unpaired) electrons. The van der Waals surface area contributed by atoms with Crippen LogP contribution in [0.2, 0.25) is 5.02 Å². The van der Waals surface area contributed by atoms with Crippen molar-refractivity contribution < 1.29 is 9.47 Å². The number of imidazole rings is 1. The van der Waals surface area contributed by atoms with Crippen LogP contribution in [0.5, 0.6) is 11.5 Å². The Bertz CT molecular complexity index is 1220. The van der Waals surface area contributed by atoms with Gasteiger partial charge in [0, 0.05) is 0 Å². The molecule has 0 bridgehead atoms. The molecule has 3 aromatic carbocycles. The predicted molar refractivity (Wildman–Crippen MR) is 118 cm³/mol. The van der Waals surface area contributed by atoms with Crippen LogP contribution in [-0.2, 0) is 6.61 Å². The van der Waals surface area contributed by atoms with Crippen molar-refractivity contribution in [2.75, 3.05) is 7.11 Å². The molecule has 0 saturated carbocycles. The van der Waals surface area contributed by atoms with Crippen LogP contribution in [0.3, 0.4) is 0 Å². The zero-order valence-electron chi connectivity index (χ0n) is 16.2. The van der Waals surface area contributed by atoms with Gasteiger partial charge in [0.1, 0.15) is 18.5 Å². The highest BCUT2D eigenvalue weighted by molar-refractivity contribution is 6.32. The second-order valence-corrected chi connectivity index (χ2v) is 6.99. The number of rotatable bonds is 6. The molecule has 4 aromatic rings. The molecule has 1 aromatic heterocycles. The van der Waals surface area contributed by atoms with Crippen molar-refractivity contribution in [3.63, 3.8) is 0 Å². The standard InChI is InChI=1S/C24H18ClN3O2/c1-29-22-13-17(12-19(25)23(22)30-15-16-7-3-2-4-8-16)11-18(14-26)24-27-20-9-5-6-10-21(20)28-24/h2-13H,15H2,1H3,(H,27,28)/b18-11+. The molecule has 0 aliphatic heterocycles. The molecule has 148 valence electrons. The third-order valence-corrected chi connectivity index (χ3v) is 4.83. The quantitative estimate of drug-likeness (QED) is 0.400. The highest BCUT2D eigenvalue weighted by atomic mass is 35.5. The van der Waals surface area contributed by atoms with Crippen LogP contribution >= 0.6 is 11.6 Å².